The molecule has 0 radical (unpaired) electrons. The average molecular weight is 414 g/mol. The lowest BCUT2D eigenvalue weighted by atomic mass is 9.93. The Morgan fingerprint density at radius 3 is 1.96 bits per heavy atom. The highest BCUT2D eigenvalue weighted by Crippen LogP contribution is 2.33. The smallest absolute Gasteiger partial charge is 0.0702 e. The molecule has 0 aliphatic heterocycles. The normalized spacial score (nSPS) is 10.8. The number of aryl methyl sites for hydroxylation is 2. The van der Waals surface area contributed by atoms with Crippen molar-refractivity contribution in [3.8, 4) is 33.5 Å². The van der Waals surface area contributed by atoms with Crippen LogP contribution in [-0.2, 0) is 0 Å². The summed E-state index contributed by atoms with van der Waals surface area (Å²) in [6.45, 7) is 4.29. The highest BCUT2D eigenvalue weighted by molar-refractivity contribution is 9.10. The third-order valence-corrected chi connectivity index (χ3v) is 5.15. The fourth-order valence-electron chi connectivity index (χ4n) is 3.49. The molecule has 0 atom stereocenters. The first-order valence-corrected chi connectivity index (χ1v) is 9.79. The molecule has 0 amide bonds. The Morgan fingerprint density at radius 2 is 1.33 bits per heavy atom. The summed E-state index contributed by atoms with van der Waals surface area (Å²) in [5.41, 5.74) is 9.47. The van der Waals surface area contributed by atoms with Gasteiger partial charge in [-0.3, -0.25) is 4.98 Å². The van der Waals surface area contributed by atoms with Gasteiger partial charge in [-0.25, -0.2) is 0 Å². The van der Waals surface area contributed by atoms with Gasteiger partial charge >= 0.3 is 0 Å². The number of pyridine rings is 1. The van der Waals surface area contributed by atoms with Crippen LogP contribution in [0.1, 0.15) is 11.1 Å². The van der Waals surface area contributed by atoms with Crippen molar-refractivity contribution in [3.05, 3.63) is 101 Å². The minimum Gasteiger partial charge on any atom is -0.256 e. The molecule has 0 N–H and O–H groups in total. The van der Waals surface area contributed by atoms with Crippen LogP contribution in [0.3, 0.4) is 0 Å². The van der Waals surface area contributed by atoms with E-state index in [0.29, 0.717) is 0 Å². The molecule has 4 aromatic rings. The van der Waals surface area contributed by atoms with Crippen molar-refractivity contribution >= 4 is 15.9 Å². The van der Waals surface area contributed by atoms with E-state index in [-0.39, 0.29) is 0 Å². The third kappa shape index (κ3) is 3.86. The minimum absolute atomic E-state index is 0.976. The molecule has 0 aliphatic carbocycles. The summed E-state index contributed by atoms with van der Waals surface area (Å²) in [5.74, 6) is 0. The van der Waals surface area contributed by atoms with Crippen LogP contribution in [0.4, 0.5) is 0 Å². The molecule has 0 aliphatic rings. The summed E-state index contributed by atoms with van der Waals surface area (Å²) in [7, 11) is 0. The second kappa shape index (κ2) is 7.50. The molecule has 1 heterocycles. The molecule has 2 heteroatoms. The lowest BCUT2D eigenvalue weighted by Gasteiger charge is -2.12. The van der Waals surface area contributed by atoms with E-state index >= 15 is 0 Å². The van der Waals surface area contributed by atoms with E-state index in [1.54, 1.807) is 0 Å². The van der Waals surface area contributed by atoms with Crippen molar-refractivity contribution in [2.24, 2.45) is 0 Å². The maximum Gasteiger partial charge on any atom is 0.0702 e. The minimum atomic E-state index is 0.976. The van der Waals surface area contributed by atoms with Crippen molar-refractivity contribution in [1.29, 1.82) is 0 Å². The predicted octanol–water partition coefficient (Wildman–Crippen LogP) is 7.46. The second-order valence-corrected chi connectivity index (χ2v) is 7.78. The van der Waals surface area contributed by atoms with Crippen molar-refractivity contribution < 1.29 is 0 Å². The average Bonchev–Trinajstić information content (AvgIpc) is 2.67. The van der Waals surface area contributed by atoms with Crippen LogP contribution in [0.25, 0.3) is 33.5 Å². The first kappa shape index (κ1) is 17.7. The zero-order chi connectivity index (χ0) is 18.8. The molecule has 27 heavy (non-hydrogen) atoms. The largest absolute Gasteiger partial charge is 0.256 e. The van der Waals surface area contributed by atoms with E-state index in [1.165, 1.54) is 27.8 Å². The van der Waals surface area contributed by atoms with E-state index in [0.717, 1.165) is 21.3 Å². The zero-order valence-electron chi connectivity index (χ0n) is 15.4. The summed E-state index contributed by atoms with van der Waals surface area (Å²) in [5, 5.41) is 0. The van der Waals surface area contributed by atoms with Gasteiger partial charge in [-0.2, -0.15) is 0 Å². The van der Waals surface area contributed by atoms with Gasteiger partial charge in [0.1, 0.15) is 0 Å². The number of nitrogens with zero attached hydrogens (tertiary/aromatic N) is 1. The molecular weight excluding hydrogens is 394 g/mol. The lowest BCUT2D eigenvalue weighted by molar-refractivity contribution is 1.32. The first-order chi connectivity index (χ1) is 13.1. The van der Waals surface area contributed by atoms with E-state index in [2.05, 4.69) is 96.5 Å². The molecular formula is C25H20BrN. The summed E-state index contributed by atoms with van der Waals surface area (Å²) >= 11 is 3.53. The van der Waals surface area contributed by atoms with Gasteiger partial charge in [-0.15, -0.1) is 0 Å². The molecule has 0 bridgehead atoms. The Morgan fingerprint density at radius 1 is 0.630 bits per heavy atom. The summed E-state index contributed by atoms with van der Waals surface area (Å²) in [6, 6.07) is 27.7. The Labute approximate surface area is 168 Å². The van der Waals surface area contributed by atoms with E-state index in [9.17, 15) is 0 Å². The molecule has 1 nitrogen and oxygen atoms in total. The highest BCUT2D eigenvalue weighted by Gasteiger charge is 2.09. The quantitative estimate of drug-likeness (QED) is 0.339. The van der Waals surface area contributed by atoms with E-state index in [1.807, 2.05) is 18.3 Å². The van der Waals surface area contributed by atoms with Crippen LogP contribution in [-0.4, -0.2) is 4.98 Å². The molecule has 0 saturated carbocycles. The van der Waals surface area contributed by atoms with Gasteiger partial charge in [0.05, 0.1) is 5.69 Å². The third-order valence-electron chi connectivity index (χ3n) is 4.65. The molecule has 0 fully saturated rings. The summed E-state index contributed by atoms with van der Waals surface area (Å²) in [6.07, 6.45) is 1.97. The van der Waals surface area contributed by atoms with Gasteiger partial charge in [-0.1, -0.05) is 87.7 Å². The SMILES string of the molecule is Cc1cc(C)cc(-c2ccccc2-c2ccc(-c3cccc(Br)c3)nc2)c1. The molecule has 132 valence electrons. The second-order valence-electron chi connectivity index (χ2n) is 6.86. The van der Waals surface area contributed by atoms with Gasteiger partial charge in [0.2, 0.25) is 0 Å². The van der Waals surface area contributed by atoms with Crippen molar-refractivity contribution in [2.75, 3.05) is 0 Å². The van der Waals surface area contributed by atoms with Crippen LogP contribution >= 0.6 is 15.9 Å². The maximum absolute atomic E-state index is 4.72. The fourth-order valence-corrected chi connectivity index (χ4v) is 3.89. The van der Waals surface area contributed by atoms with Gasteiger partial charge < -0.3 is 0 Å². The Hall–Kier alpha value is -2.71. The number of halogens is 1. The number of rotatable bonds is 3. The molecule has 4 rings (SSSR count). The number of hydrogen-bond acceptors (Lipinski definition) is 1. The topological polar surface area (TPSA) is 12.9 Å². The number of hydrogen-bond donors (Lipinski definition) is 0. The molecule has 0 unspecified atom stereocenters. The number of benzene rings is 3. The van der Waals surface area contributed by atoms with Crippen LogP contribution < -0.4 is 0 Å². The van der Waals surface area contributed by atoms with Crippen molar-refractivity contribution in [1.82, 2.24) is 4.98 Å². The maximum atomic E-state index is 4.72. The summed E-state index contributed by atoms with van der Waals surface area (Å²) < 4.78 is 1.06. The van der Waals surface area contributed by atoms with Gasteiger partial charge in [0.25, 0.3) is 0 Å². The Bertz CT molecular complexity index is 1080. The van der Waals surface area contributed by atoms with Gasteiger partial charge in [0, 0.05) is 21.8 Å². The Kier molecular flexibility index (Phi) is 4.91. The highest BCUT2D eigenvalue weighted by atomic mass is 79.9. The van der Waals surface area contributed by atoms with Gasteiger partial charge in [0.15, 0.2) is 0 Å². The van der Waals surface area contributed by atoms with Crippen LogP contribution in [0, 0.1) is 13.8 Å². The van der Waals surface area contributed by atoms with Crippen molar-refractivity contribution in [3.63, 3.8) is 0 Å². The van der Waals surface area contributed by atoms with E-state index in [4.69, 9.17) is 4.98 Å². The van der Waals surface area contributed by atoms with Gasteiger partial charge in [-0.05, 0) is 48.7 Å². The predicted molar refractivity (Wildman–Crippen MR) is 118 cm³/mol. The monoisotopic (exact) mass is 413 g/mol. The first-order valence-electron chi connectivity index (χ1n) is 9.00. The van der Waals surface area contributed by atoms with Crippen LogP contribution in [0.5, 0.6) is 0 Å². The molecule has 0 spiro atoms. The molecule has 1 aromatic heterocycles. The fraction of sp³-hybridized carbons (Fsp3) is 0.0800. The standard InChI is InChI=1S/C25H20BrN/c1-17-12-18(2)14-21(13-17)24-9-4-3-8-23(24)20-10-11-25(27-16-20)19-6-5-7-22(26)15-19/h3-16H,1-2H3. The molecule has 0 saturated heterocycles. The number of aromatic nitrogens is 1. The van der Waals surface area contributed by atoms with Crippen LogP contribution in [0.15, 0.2) is 89.5 Å². The lowest BCUT2D eigenvalue weighted by Crippen LogP contribution is -1.89. The van der Waals surface area contributed by atoms with E-state index < -0.39 is 0 Å². The Balaban J connectivity index is 1.76. The summed E-state index contributed by atoms with van der Waals surface area (Å²) in [4.78, 5) is 4.72. The van der Waals surface area contributed by atoms with Crippen LogP contribution in [0.2, 0.25) is 0 Å². The van der Waals surface area contributed by atoms with Crippen molar-refractivity contribution in [2.45, 2.75) is 13.8 Å². The molecule has 3 aromatic carbocycles. The zero-order valence-corrected chi connectivity index (χ0v) is 17.0.